The Bertz CT molecular complexity index is 680. The lowest BCUT2D eigenvalue weighted by Crippen LogP contribution is -2.08. The topological polar surface area (TPSA) is 53.6 Å². The maximum atomic E-state index is 12.8. The molecule has 0 amide bonds. The summed E-state index contributed by atoms with van der Waals surface area (Å²) in [5, 5.41) is 15.7. The van der Waals surface area contributed by atoms with Crippen LogP contribution in [0.15, 0.2) is 24.4 Å². The first-order valence-corrected chi connectivity index (χ1v) is 5.70. The summed E-state index contributed by atoms with van der Waals surface area (Å²) in [4.78, 5) is 0. The lowest BCUT2D eigenvalue weighted by molar-refractivity contribution is -0.137. The molecule has 0 saturated carbocycles. The van der Waals surface area contributed by atoms with Crippen LogP contribution >= 0.6 is 0 Å². The minimum absolute atomic E-state index is 0.257. The van der Waals surface area contributed by atoms with E-state index in [9.17, 15) is 13.2 Å². The van der Waals surface area contributed by atoms with Crippen LogP contribution in [0.5, 0.6) is 0 Å². The summed E-state index contributed by atoms with van der Waals surface area (Å²) >= 11 is 0. The van der Waals surface area contributed by atoms with Gasteiger partial charge in [-0.3, -0.25) is 4.68 Å². The predicted molar refractivity (Wildman–Crippen MR) is 67.4 cm³/mol. The number of alkyl halides is 3. The second kappa shape index (κ2) is 4.89. The van der Waals surface area contributed by atoms with Gasteiger partial charge >= 0.3 is 6.18 Å². The van der Waals surface area contributed by atoms with Crippen molar-refractivity contribution in [1.29, 1.82) is 5.26 Å². The van der Waals surface area contributed by atoms with Gasteiger partial charge in [0, 0.05) is 18.9 Å². The molecule has 104 valence electrons. The monoisotopic (exact) mass is 280 g/mol. The molecule has 4 nitrogen and oxygen atoms in total. The third kappa shape index (κ3) is 2.74. The minimum Gasteiger partial charge on any atom is -0.353 e. The van der Waals surface area contributed by atoms with E-state index in [0.29, 0.717) is 11.4 Å². The van der Waals surface area contributed by atoms with E-state index >= 15 is 0 Å². The highest BCUT2D eigenvalue weighted by atomic mass is 19.4. The summed E-state index contributed by atoms with van der Waals surface area (Å²) in [6.45, 7) is 1.75. The van der Waals surface area contributed by atoms with Gasteiger partial charge in [0.05, 0.1) is 28.6 Å². The second-order valence-corrected chi connectivity index (χ2v) is 4.30. The van der Waals surface area contributed by atoms with Crippen molar-refractivity contribution in [2.45, 2.75) is 13.1 Å². The average Bonchev–Trinajstić information content (AvgIpc) is 2.66. The summed E-state index contributed by atoms with van der Waals surface area (Å²) < 4.78 is 40.1. The fraction of sp³-hybridized carbons (Fsp3) is 0.231. The fourth-order valence-corrected chi connectivity index (χ4v) is 1.83. The molecule has 0 fully saturated rings. The fourth-order valence-electron chi connectivity index (χ4n) is 1.83. The van der Waals surface area contributed by atoms with E-state index < -0.39 is 17.3 Å². The van der Waals surface area contributed by atoms with Crippen molar-refractivity contribution in [2.75, 3.05) is 5.32 Å². The first-order chi connectivity index (χ1) is 9.31. The predicted octanol–water partition coefficient (Wildman–Crippen LogP) is 3.36. The van der Waals surface area contributed by atoms with E-state index in [0.717, 1.165) is 12.1 Å². The van der Waals surface area contributed by atoms with Gasteiger partial charge in [-0.2, -0.15) is 23.5 Å². The smallest absolute Gasteiger partial charge is 0.353 e. The molecule has 0 aliphatic carbocycles. The molecule has 0 unspecified atom stereocenters. The molecule has 0 aliphatic rings. The Morgan fingerprint density at radius 2 is 2.05 bits per heavy atom. The molecule has 0 radical (unpaired) electrons. The molecule has 7 heteroatoms. The Morgan fingerprint density at radius 1 is 1.35 bits per heavy atom. The lowest BCUT2D eigenvalue weighted by Gasteiger charge is -2.11. The number of halogens is 3. The molecule has 20 heavy (non-hydrogen) atoms. The minimum atomic E-state index is -4.56. The molecule has 1 aromatic carbocycles. The van der Waals surface area contributed by atoms with Crippen molar-refractivity contribution >= 4 is 11.4 Å². The molecule has 2 rings (SSSR count). The van der Waals surface area contributed by atoms with Crippen molar-refractivity contribution in [3.8, 4) is 6.07 Å². The molecule has 1 aromatic heterocycles. The Morgan fingerprint density at radius 3 is 2.55 bits per heavy atom. The average molecular weight is 280 g/mol. The Hall–Kier alpha value is -2.49. The van der Waals surface area contributed by atoms with Crippen LogP contribution in [-0.2, 0) is 13.2 Å². The number of aromatic nitrogens is 2. The number of nitrogens with zero attached hydrogens (tertiary/aromatic N) is 3. The summed E-state index contributed by atoms with van der Waals surface area (Å²) in [7, 11) is 1.72. The van der Waals surface area contributed by atoms with Gasteiger partial charge < -0.3 is 5.32 Å². The Balaban J connectivity index is 2.40. The van der Waals surface area contributed by atoms with Crippen LogP contribution in [0.25, 0.3) is 0 Å². The zero-order valence-electron chi connectivity index (χ0n) is 10.8. The number of benzene rings is 1. The first kappa shape index (κ1) is 13.9. The maximum Gasteiger partial charge on any atom is 0.417 e. The molecule has 0 aliphatic heterocycles. The van der Waals surface area contributed by atoms with E-state index in [-0.39, 0.29) is 5.69 Å². The van der Waals surface area contributed by atoms with Gasteiger partial charge in [-0.1, -0.05) is 0 Å². The molecule has 0 bridgehead atoms. The molecule has 1 heterocycles. The number of anilines is 2. The van der Waals surface area contributed by atoms with Crippen LogP contribution < -0.4 is 5.32 Å². The van der Waals surface area contributed by atoms with Crippen molar-refractivity contribution < 1.29 is 13.2 Å². The van der Waals surface area contributed by atoms with Crippen LogP contribution in [0.3, 0.4) is 0 Å². The molecular weight excluding hydrogens is 269 g/mol. The number of nitriles is 1. The van der Waals surface area contributed by atoms with Crippen molar-refractivity contribution in [3.05, 3.63) is 41.2 Å². The summed E-state index contributed by atoms with van der Waals surface area (Å²) in [5.41, 5.74) is 0.195. The highest BCUT2D eigenvalue weighted by molar-refractivity contribution is 5.63. The van der Waals surface area contributed by atoms with E-state index in [1.807, 2.05) is 0 Å². The van der Waals surface area contributed by atoms with Crippen molar-refractivity contribution in [3.63, 3.8) is 0 Å². The molecular formula is C13H11F3N4. The van der Waals surface area contributed by atoms with E-state index in [1.54, 1.807) is 30.9 Å². The van der Waals surface area contributed by atoms with E-state index in [4.69, 9.17) is 5.26 Å². The van der Waals surface area contributed by atoms with E-state index in [1.165, 1.54) is 6.07 Å². The summed E-state index contributed by atoms with van der Waals surface area (Å²) in [6, 6.07) is 5.05. The number of hydrogen-bond acceptors (Lipinski definition) is 3. The number of nitrogens with one attached hydrogen (secondary N) is 1. The molecule has 2 aromatic rings. The summed E-state index contributed by atoms with van der Waals surface area (Å²) in [6.07, 6.45) is -2.90. The molecule has 0 saturated heterocycles. The Labute approximate surface area is 113 Å². The van der Waals surface area contributed by atoms with Gasteiger partial charge in [0.1, 0.15) is 0 Å². The van der Waals surface area contributed by atoms with Crippen LogP contribution in [-0.4, -0.2) is 9.78 Å². The highest BCUT2D eigenvalue weighted by Crippen LogP contribution is 2.34. The van der Waals surface area contributed by atoms with E-state index in [2.05, 4.69) is 10.4 Å². The van der Waals surface area contributed by atoms with Crippen molar-refractivity contribution in [1.82, 2.24) is 9.78 Å². The van der Waals surface area contributed by atoms with Crippen LogP contribution in [0.4, 0.5) is 24.5 Å². The van der Waals surface area contributed by atoms with Gasteiger partial charge in [0.2, 0.25) is 0 Å². The SMILES string of the molecule is Cc1nn(C)cc1Nc1ccc(C#N)c(C(F)(F)F)c1. The van der Waals surface area contributed by atoms with Gasteiger partial charge in [0.15, 0.2) is 0 Å². The largest absolute Gasteiger partial charge is 0.417 e. The number of hydrogen-bond donors (Lipinski definition) is 1. The summed E-state index contributed by atoms with van der Waals surface area (Å²) in [5.74, 6) is 0. The number of rotatable bonds is 2. The third-order valence-corrected chi connectivity index (χ3v) is 2.74. The van der Waals surface area contributed by atoms with Gasteiger partial charge in [-0.15, -0.1) is 0 Å². The third-order valence-electron chi connectivity index (χ3n) is 2.74. The van der Waals surface area contributed by atoms with Crippen LogP contribution in [0, 0.1) is 18.3 Å². The first-order valence-electron chi connectivity index (χ1n) is 5.70. The standard InChI is InChI=1S/C13H11F3N4/c1-8-12(7-20(2)19-8)18-10-4-3-9(6-17)11(5-10)13(14,15)16/h3-5,7,18H,1-2H3. The lowest BCUT2D eigenvalue weighted by atomic mass is 10.1. The maximum absolute atomic E-state index is 12.8. The van der Waals surface area contributed by atoms with Gasteiger partial charge in [0.25, 0.3) is 0 Å². The second-order valence-electron chi connectivity index (χ2n) is 4.30. The zero-order valence-corrected chi connectivity index (χ0v) is 10.8. The van der Waals surface area contributed by atoms with Gasteiger partial charge in [-0.05, 0) is 25.1 Å². The number of aryl methyl sites for hydroxylation is 2. The van der Waals surface area contributed by atoms with Crippen LogP contribution in [0.2, 0.25) is 0 Å². The zero-order chi connectivity index (χ0) is 14.9. The molecule has 0 spiro atoms. The van der Waals surface area contributed by atoms with Crippen molar-refractivity contribution in [2.24, 2.45) is 7.05 Å². The quantitative estimate of drug-likeness (QED) is 0.917. The molecule has 1 N–H and O–H groups in total. The molecule has 0 atom stereocenters. The Kier molecular flexibility index (Phi) is 3.40. The van der Waals surface area contributed by atoms with Gasteiger partial charge in [-0.25, -0.2) is 0 Å². The normalized spacial score (nSPS) is 11.2. The highest BCUT2D eigenvalue weighted by Gasteiger charge is 2.33. The van der Waals surface area contributed by atoms with Crippen LogP contribution in [0.1, 0.15) is 16.8 Å².